The normalized spacial score (nSPS) is 10.8. The molecule has 0 aliphatic heterocycles. The number of nitrogens with one attached hydrogen (secondary N) is 1. The van der Waals surface area contributed by atoms with E-state index in [4.69, 9.17) is 16.3 Å². The van der Waals surface area contributed by atoms with Gasteiger partial charge in [0.15, 0.2) is 0 Å². The first-order valence-electron chi connectivity index (χ1n) is 10.4. The average molecular weight is 447 g/mol. The second-order valence-electron chi connectivity index (χ2n) is 7.52. The Bertz CT molecular complexity index is 1290. The van der Waals surface area contributed by atoms with E-state index in [0.29, 0.717) is 28.5 Å². The minimum Gasteiger partial charge on any atom is -0.462 e. The third-order valence-corrected chi connectivity index (χ3v) is 5.46. The Morgan fingerprint density at radius 3 is 2.50 bits per heavy atom. The maximum absolute atomic E-state index is 13.3. The number of para-hydroxylation sites is 1. The molecular weight excluding hydrogens is 424 g/mol. The van der Waals surface area contributed by atoms with Crippen molar-refractivity contribution in [2.24, 2.45) is 0 Å². The van der Waals surface area contributed by atoms with Gasteiger partial charge in [-0.15, -0.1) is 0 Å². The molecule has 1 heterocycles. The van der Waals surface area contributed by atoms with Crippen molar-refractivity contribution in [1.29, 1.82) is 0 Å². The van der Waals surface area contributed by atoms with Crippen molar-refractivity contribution in [2.75, 3.05) is 11.9 Å². The molecule has 1 amide bonds. The van der Waals surface area contributed by atoms with Crippen LogP contribution in [0.15, 0.2) is 72.8 Å². The van der Waals surface area contributed by atoms with E-state index in [9.17, 15) is 9.59 Å². The molecule has 32 heavy (non-hydrogen) atoms. The van der Waals surface area contributed by atoms with Gasteiger partial charge in [0.2, 0.25) is 0 Å². The topological polar surface area (TPSA) is 60.3 Å². The third-order valence-electron chi connectivity index (χ3n) is 5.23. The molecule has 0 spiro atoms. The van der Waals surface area contributed by atoms with Crippen molar-refractivity contribution in [3.63, 3.8) is 0 Å². The van der Waals surface area contributed by atoms with Crippen LogP contribution in [0.5, 0.6) is 0 Å². The number of halogens is 1. The molecule has 1 aromatic heterocycles. The molecular formula is C26H23ClN2O3. The molecule has 6 heteroatoms. The molecule has 0 saturated carbocycles. The highest BCUT2D eigenvalue weighted by Gasteiger charge is 2.19. The summed E-state index contributed by atoms with van der Waals surface area (Å²) in [7, 11) is 0. The smallest absolute Gasteiger partial charge is 0.340 e. The van der Waals surface area contributed by atoms with Crippen LogP contribution < -0.4 is 5.32 Å². The SMILES string of the molecule is CCOC(=O)c1ccccc1NC(=O)c1cc2cc(Cl)ccc2n1Cc1ccc(C)cc1. The number of hydrogen-bond acceptors (Lipinski definition) is 3. The lowest BCUT2D eigenvalue weighted by Crippen LogP contribution is -2.19. The Hall–Kier alpha value is -3.57. The lowest BCUT2D eigenvalue weighted by molar-refractivity contribution is 0.0527. The summed E-state index contributed by atoms with van der Waals surface area (Å²) in [4.78, 5) is 25.7. The Balaban J connectivity index is 1.73. The highest BCUT2D eigenvalue weighted by atomic mass is 35.5. The van der Waals surface area contributed by atoms with Gasteiger partial charge >= 0.3 is 5.97 Å². The number of benzene rings is 3. The number of carbonyl (C=O) groups excluding carboxylic acids is 2. The van der Waals surface area contributed by atoms with Crippen LogP contribution in [0.1, 0.15) is 38.9 Å². The molecule has 3 aromatic carbocycles. The molecule has 0 bridgehead atoms. The summed E-state index contributed by atoms with van der Waals surface area (Å²) in [5.41, 5.74) is 4.34. The summed E-state index contributed by atoms with van der Waals surface area (Å²) in [5.74, 6) is -0.795. The van der Waals surface area contributed by atoms with Gasteiger partial charge in [-0.25, -0.2) is 4.79 Å². The van der Waals surface area contributed by atoms with Crippen molar-refractivity contribution in [3.05, 3.63) is 100 Å². The van der Waals surface area contributed by atoms with Gasteiger partial charge in [-0.3, -0.25) is 4.79 Å². The van der Waals surface area contributed by atoms with E-state index in [-0.39, 0.29) is 12.5 Å². The fourth-order valence-corrected chi connectivity index (χ4v) is 3.82. The number of aromatic nitrogens is 1. The number of anilines is 1. The first kappa shape index (κ1) is 21.7. The van der Waals surface area contributed by atoms with Gasteiger partial charge in [0, 0.05) is 22.5 Å². The van der Waals surface area contributed by atoms with Crippen LogP contribution in [0, 0.1) is 6.92 Å². The molecule has 5 nitrogen and oxygen atoms in total. The molecule has 0 aliphatic rings. The molecule has 0 atom stereocenters. The molecule has 0 saturated heterocycles. The van der Waals surface area contributed by atoms with Crippen LogP contribution in [0.2, 0.25) is 5.02 Å². The largest absolute Gasteiger partial charge is 0.462 e. The summed E-state index contributed by atoms with van der Waals surface area (Å²) >= 11 is 6.19. The Kier molecular flexibility index (Phi) is 6.28. The fraction of sp³-hybridized carbons (Fsp3) is 0.154. The summed E-state index contributed by atoms with van der Waals surface area (Å²) < 4.78 is 7.08. The van der Waals surface area contributed by atoms with Gasteiger partial charge < -0.3 is 14.6 Å². The number of amides is 1. The molecule has 1 N–H and O–H groups in total. The molecule has 162 valence electrons. The number of hydrogen-bond donors (Lipinski definition) is 1. The minimum atomic E-state index is -0.476. The standard InChI is InChI=1S/C26H23ClN2O3/c1-3-32-26(31)21-6-4-5-7-22(21)28-25(30)24-15-19-14-20(27)12-13-23(19)29(24)16-18-10-8-17(2)9-11-18/h4-15H,3,16H2,1-2H3,(H,28,30). The van der Waals surface area contributed by atoms with E-state index >= 15 is 0 Å². The van der Waals surface area contributed by atoms with E-state index in [1.54, 1.807) is 31.2 Å². The highest BCUT2D eigenvalue weighted by Crippen LogP contribution is 2.26. The monoisotopic (exact) mass is 446 g/mol. The predicted molar refractivity (Wildman–Crippen MR) is 128 cm³/mol. The van der Waals surface area contributed by atoms with Gasteiger partial charge in [0.05, 0.1) is 17.9 Å². The summed E-state index contributed by atoms with van der Waals surface area (Å²) in [6.45, 7) is 4.56. The first-order chi connectivity index (χ1) is 15.5. The van der Waals surface area contributed by atoms with Gasteiger partial charge in [0.25, 0.3) is 5.91 Å². The van der Waals surface area contributed by atoms with Crippen LogP contribution in [0.25, 0.3) is 10.9 Å². The number of carbonyl (C=O) groups is 2. The summed E-state index contributed by atoms with van der Waals surface area (Å²) in [5, 5.41) is 4.35. The van der Waals surface area contributed by atoms with Gasteiger partial charge in [0.1, 0.15) is 5.69 Å². The second kappa shape index (κ2) is 9.28. The maximum atomic E-state index is 13.3. The zero-order valence-electron chi connectivity index (χ0n) is 17.9. The zero-order valence-corrected chi connectivity index (χ0v) is 18.6. The van der Waals surface area contributed by atoms with Crippen molar-refractivity contribution < 1.29 is 14.3 Å². The Morgan fingerprint density at radius 1 is 1.00 bits per heavy atom. The number of rotatable bonds is 6. The number of aryl methyl sites for hydroxylation is 1. The van der Waals surface area contributed by atoms with Crippen LogP contribution in [-0.2, 0) is 11.3 Å². The van der Waals surface area contributed by atoms with Crippen LogP contribution in [0.3, 0.4) is 0 Å². The Morgan fingerprint density at radius 2 is 1.75 bits per heavy atom. The molecule has 0 aliphatic carbocycles. The third kappa shape index (κ3) is 4.53. The van der Waals surface area contributed by atoms with Gasteiger partial charge in [-0.2, -0.15) is 0 Å². The number of esters is 1. The van der Waals surface area contributed by atoms with Crippen molar-refractivity contribution in [3.8, 4) is 0 Å². The van der Waals surface area contributed by atoms with Crippen molar-refractivity contribution in [1.82, 2.24) is 4.57 Å². The molecule has 0 radical (unpaired) electrons. The van der Waals surface area contributed by atoms with E-state index in [1.807, 2.05) is 47.9 Å². The first-order valence-corrected chi connectivity index (χ1v) is 10.8. The van der Waals surface area contributed by atoms with Gasteiger partial charge in [-0.05, 0) is 55.8 Å². The zero-order chi connectivity index (χ0) is 22.7. The second-order valence-corrected chi connectivity index (χ2v) is 7.96. The minimum absolute atomic E-state index is 0.257. The summed E-state index contributed by atoms with van der Waals surface area (Å²) in [6, 6.07) is 22.4. The molecule has 0 unspecified atom stereocenters. The average Bonchev–Trinajstić information content (AvgIpc) is 3.13. The lowest BCUT2D eigenvalue weighted by Gasteiger charge is -2.13. The lowest BCUT2D eigenvalue weighted by atomic mass is 10.1. The fourth-order valence-electron chi connectivity index (χ4n) is 3.64. The number of fused-ring (bicyclic) bond motifs is 1. The number of ether oxygens (including phenoxy) is 1. The predicted octanol–water partition coefficient (Wildman–Crippen LogP) is 6.08. The molecule has 4 aromatic rings. The summed E-state index contributed by atoms with van der Waals surface area (Å²) in [6.07, 6.45) is 0. The van der Waals surface area contributed by atoms with Crippen molar-refractivity contribution in [2.45, 2.75) is 20.4 Å². The van der Waals surface area contributed by atoms with Crippen LogP contribution in [0.4, 0.5) is 5.69 Å². The highest BCUT2D eigenvalue weighted by molar-refractivity contribution is 6.31. The Labute approximate surface area is 191 Å². The van der Waals surface area contributed by atoms with E-state index in [1.165, 1.54) is 5.56 Å². The maximum Gasteiger partial charge on any atom is 0.340 e. The molecule has 4 rings (SSSR count). The van der Waals surface area contributed by atoms with E-state index in [2.05, 4.69) is 17.4 Å². The van der Waals surface area contributed by atoms with E-state index < -0.39 is 5.97 Å². The van der Waals surface area contributed by atoms with Crippen molar-refractivity contribution >= 4 is 40.1 Å². The molecule has 0 fully saturated rings. The number of nitrogens with zero attached hydrogens (tertiary/aromatic N) is 1. The van der Waals surface area contributed by atoms with Crippen LogP contribution >= 0.6 is 11.6 Å². The van der Waals surface area contributed by atoms with Gasteiger partial charge in [-0.1, -0.05) is 53.6 Å². The van der Waals surface area contributed by atoms with E-state index in [0.717, 1.165) is 16.5 Å². The quantitative estimate of drug-likeness (QED) is 0.365. The van der Waals surface area contributed by atoms with Crippen LogP contribution in [-0.4, -0.2) is 23.1 Å².